The molecule has 1 heterocycles. The van der Waals surface area contributed by atoms with Gasteiger partial charge in [-0.05, 0) is 63.0 Å². The van der Waals surface area contributed by atoms with Crippen molar-refractivity contribution in [3.63, 3.8) is 0 Å². The van der Waals surface area contributed by atoms with Crippen molar-refractivity contribution in [2.45, 2.75) is 76.7 Å². The number of alkyl halides is 2. The van der Waals surface area contributed by atoms with Crippen LogP contribution in [0, 0.1) is 5.82 Å². The second kappa shape index (κ2) is 13.6. The number of rotatable bonds is 13. The van der Waals surface area contributed by atoms with Gasteiger partial charge in [0.25, 0.3) is 0 Å². The fourth-order valence-corrected chi connectivity index (χ4v) is 4.03. The van der Waals surface area contributed by atoms with Gasteiger partial charge < -0.3 is 21.3 Å². The highest BCUT2D eigenvalue weighted by Gasteiger charge is 2.34. The van der Waals surface area contributed by atoms with Crippen molar-refractivity contribution in [2.75, 3.05) is 13.1 Å². The Morgan fingerprint density at radius 1 is 1.11 bits per heavy atom. The van der Waals surface area contributed by atoms with Crippen LogP contribution in [-0.4, -0.2) is 42.0 Å². The number of hydrogen-bond donors (Lipinski definition) is 4. The number of nitrogens with one attached hydrogen (secondary N) is 4. The number of carbonyl (C=O) groups is 1. The summed E-state index contributed by atoms with van der Waals surface area (Å²) in [6.07, 6.45) is 3.50. The van der Waals surface area contributed by atoms with Gasteiger partial charge in [-0.15, -0.1) is 0 Å². The molecule has 2 aromatic rings. The van der Waals surface area contributed by atoms with Gasteiger partial charge in [-0.3, -0.25) is 9.78 Å². The number of hydrogen-bond acceptors (Lipinski definition) is 5. The number of benzene rings is 1. The molecule has 9 heteroatoms. The van der Waals surface area contributed by atoms with Crippen LogP contribution in [-0.2, 0) is 24.4 Å². The monoisotopic (exact) mass is 491 g/mol. The maximum atomic E-state index is 14.5. The van der Waals surface area contributed by atoms with Gasteiger partial charge in [0.1, 0.15) is 5.82 Å². The van der Waals surface area contributed by atoms with Crippen LogP contribution in [0.2, 0.25) is 0 Å². The first kappa shape index (κ1) is 27.1. The molecule has 1 amide bonds. The summed E-state index contributed by atoms with van der Waals surface area (Å²) in [5.74, 6) is -2.98. The van der Waals surface area contributed by atoms with Crippen LogP contribution < -0.4 is 21.3 Å². The standard InChI is InChI=1S/C26H36F3N5O/c1-19(33-18-23-5-2-3-13-32-23)25(35)34-16-20-6-7-21(24(27)15-20)17-30-12-4-14-31-22-8-10-26(28,29)11-9-22/h2-3,5-7,13,15,19,22,30-31,33H,4,8-12,14,16-18H2,1H3,(H,34,35)/t19-/m0/s1. The van der Waals surface area contributed by atoms with Crippen LogP contribution in [0.5, 0.6) is 0 Å². The molecule has 0 aliphatic heterocycles. The van der Waals surface area contributed by atoms with E-state index in [4.69, 9.17) is 0 Å². The van der Waals surface area contributed by atoms with Crippen molar-refractivity contribution in [1.29, 1.82) is 0 Å². The van der Waals surface area contributed by atoms with Crippen molar-refractivity contribution in [2.24, 2.45) is 0 Å². The summed E-state index contributed by atoms with van der Waals surface area (Å²) in [5, 5.41) is 12.5. The molecule has 6 nitrogen and oxygen atoms in total. The predicted molar refractivity (Wildman–Crippen MR) is 130 cm³/mol. The highest BCUT2D eigenvalue weighted by atomic mass is 19.3. The Morgan fingerprint density at radius 2 is 1.91 bits per heavy atom. The van der Waals surface area contributed by atoms with E-state index in [1.165, 1.54) is 6.07 Å². The van der Waals surface area contributed by atoms with Gasteiger partial charge in [-0.2, -0.15) is 0 Å². The van der Waals surface area contributed by atoms with E-state index >= 15 is 0 Å². The van der Waals surface area contributed by atoms with Crippen LogP contribution in [0.25, 0.3) is 0 Å². The van der Waals surface area contributed by atoms with E-state index in [0.717, 1.165) is 18.7 Å². The van der Waals surface area contributed by atoms with E-state index < -0.39 is 12.0 Å². The summed E-state index contributed by atoms with van der Waals surface area (Å²) in [6.45, 7) is 4.37. The third kappa shape index (κ3) is 9.58. The van der Waals surface area contributed by atoms with Crippen LogP contribution in [0.3, 0.4) is 0 Å². The Hall–Kier alpha value is -2.49. The molecule has 0 bridgehead atoms. The molecular weight excluding hydrogens is 455 g/mol. The zero-order chi connectivity index (χ0) is 25.1. The van der Waals surface area contributed by atoms with Crippen LogP contribution in [0.1, 0.15) is 55.8 Å². The Balaban J connectivity index is 1.29. The molecule has 1 saturated carbocycles. The van der Waals surface area contributed by atoms with Gasteiger partial charge in [0.15, 0.2) is 0 Å². The fraction of sp³-hybridized carbons (Fsp3) is 0.538. The Bertz CT molecular complexity index is 918. The van der Waals surface area contributed by atoms with Gasteiger partial charge in [-0.25, -0.2) is 13.2 Å². The quantitative estimate of drug-likeness (QED) is 0.322. The fourth-order valence-electron chi connectivity index (χ4n) is 4.03. The van der Waals surface area contributed by atoms with E-state index in [-0.39, 0.29) is 37.2 Å². The molecule has 0 spiro atoms. The smallest absolute Gasteiger partial charge is 0.248 e. The molecule has 35 heavy (non-hydrogen) atoms. The van der Waals surface area contributed by atoms with Gasteiger partial charge >= 0.3 is 0 Å². The number of nitrogens with zero attached hydrogens (tertiary/aromatic N) is 1. The topological polar surface area (TPSA) is 78.1 Å². The van der Waals surface area contributed by atoms with Crippen LogP contribution >= 0.6 is 0 Å². The second-order valence-electron chi connectivity index (χ2n) is 9.18. The van der Waals surface area contributed by atoms with Crippen molar-refractivity contribution < 1.29 is 18.0 Å². The van der Waals surface area contributed by atoms with Gasteiger partial charge in [0.2, 0.25) is 11.8 Å². The Kier molecular flexibility index (Phi) is 10.5. The molecule has 1 aliphatic carbocycles. The maximum Gasteiger partial charge on any atom is 0.248 e. The van der Waals surface area contributed by atoms with Gasteiger partial charge in [-0.1, -0.05) is 18.2 Å². The minimum absolute atomic E-state index is 0.0379. The summed E-state index contributed by atoms with van der Waals surface area (Å²) < 4.78 is 40.8. The number of pyridine rings is 1. The summed E-state index contributed by atoms with van der Waals surface area (Å²) in [5.41, 5.74) is 2.11. The first-order valence-electron chi connectivity index (χ1n) is 12.3. The molecule has 1 aliphatic rings. The first-order chi connectivity index (χ1) is 16.8. The molecular formula is C26H36F3N5O. The largest absolute Gasteiger partial charge is 0.351 e. The van der Waals surface area contributed by atoms with Crippen LogP contribution in [0.4, 0.5) is 13.2 Å². The van der Waals surface area contributed by atoms with Crippen molar-refractivity contribution >= 4 is 5.91 Å². The van der Waals surface area contributed by atoms with E-state index in [1.807, 2.05) is 24.3 Å². The van der Waals surface area contributed by atoms with Crippen molar-refractivity contribution in [3.05, 3.63) is 65.2 Å². The molecule has 1 aromatic carbocycles. The highest BCUT2D eigenvalue weighted by Crippen LogP contribution is 2.32. The van der Waals surface area contributed by atoms with Gasteiger partial charge in [0.05, 0.1) is 11.7 Å². The average molecular weight is 492 g/mol. The lowest BCUT2D eigenvalue weighted by Crippen LogP contribution is -2.41. The molecule has 1 atom stereocenters. The minimum Gasteiger partial charge on any atom is -0.351 e. The SMILES string of the molecule is C[C@H](NCc1ccccn1)C(=O)NCc1ccc(CNCCCNC2CCC(F)(F)CC2)c(F)c1. The minimum atomic E-state index is -2.50. The third-order valence-corrected chi connectivity index (χ3v) is 6.29. The summed E-state index contributed by atoms with van der Waals surface area (Å²) in [4.78, 5) is 16.5. The summed E-state index contributed by atoms with van der Waals surface area (Å²) in [6, 6.07) is 10.4. The molecule has 0 saturated heterocycles. The zero-order valence-corrected chi connectivity index (χ0v) is 20.3. The van der Waals surface area contributed by atoms with E-state index in [1.54, 1.807) is 19.2 Å². The lowest BCUT2D eigenvalue weighted by atomic mass is 9.92. The first-order valence-corrected chi connectivity index (χ1v) is 12.3. The number of halogens is 3. The summed E-state index contributed by atoms with van der Waals surface area (Å²) >= 11 is 0. The van der Waals surface area contributed by atoms with Crippen molar-refractivity contribution in [3.8, 4) is 0 Å². The molecule has 1 fully saturated rings. The van der Waals surface area contributed by atoms with Crippen molar-refractivity contribution in [1.82, 2.24) is 26.3 Å². The highest BCUT2D eigenvalue weighted by molar-refractivity contribution is 5.81. The second-order valence-corrected chi connectivity index (χ2v) is 9.18. The third-order valence-electron chi connectivity index (χ3n) is 6.29. The van der Waals surface area contributed by atoms with Crippen LogP contribution in [0.15, 0.2) is 42.6 Å². The lowest BCUT2D eigenvalue weighted by Gasteiger charge is -2.28. The molecule has 0 radical (unpaired) electrons. The predicted octanol–water partition coefficient (Wildman–Crippen LogP) is 3.66. The number of amides is 1. The summed E-state index contributed by atoms with van der Waals surface area (Å²) in [7, 11) is 0. The molecule has 1 aromatic heterocycles. The normalized spacial score (nSPS) is 16.7. The van der Waals surface area contributed by atoms with E-state index in [2.05, 4.69) is 26.3 Å². The Labute approximate surface area is 205 Å². The molecule has 4 N–H and O–H groups in total. The van der Waals surface area contributed by atoms with E-state index in [9.17, 15) is 18.0 Å². The van der Waals surface area contributed by atoms with E-state index in [0.29, 0.717) is 43.6 Å². The molecule has 192 valence electrons. The number of aromatic nitrogens is 1. The maximum absolute atomic E-state index is 14.5. The lowest BCUT2D eigenvalue weighted by molar-refractivity contribution is -0.122. The zero-order valence-electron chi connectivity index (χ0n) is 20.3. The van der Waals surface area contributed by atoms with Gasteiger partial charge in [0, 0.05) is 50.3 Å². The number of carbonyl (C=O) groups excluding carboxylic acids is 1. The molecule has 0 unspecified atom stereocenters. The Morgan fingerprint density at radius 3 is 2.63 bits per heavy atom. The average Bonchev–Trinajstić information content (AvgIpc) is 2.85. The molecule has 3 rings (SSSR count).